The van der Waals surface area contributed by atoms with Crippen molar-refractivity contribution in [3.05, 3.63) is 296 Å². The molecule has 0 aliphatic heterocycles. The van der Waals surface area contributed by atoms with Gasteiger partial charge in [-0.2, -0.15) is 13.2 Å². The number of aryl methyl sites for hydroxylation is 1. The van der Waals surface area contributed by atoms with Gasteiger partial charge in [0, 0.05) is 71.5 Å². The Bertz CT molecular complexity index is 4980. The number of alkyl halides is 3. The van der Waals surface area contributed by atoms with Crippen LogP contribution in [-0.2, 0) is 6.18 Å². The molecule has 0 saturated carbocycles. The smallest absolute Gasteiger partial charge is 0.309 e. The Morgan fingerprint density at radius 1 is 0.291 bits per heavy atom. The van der Waals surface area contributed by atoms with Gasteiger partial charge in [0.1, 0.15) is 0 Å². The molecule has 4 aromatic heterocycles. The largest absolute Gasteiger partial charge is 0.416 e. The summed E-state index contributed by atoms with van der Waals surface area (Å²) in [5.41, 5.74) is 18.4. The zero-order valence-corrected chi connectivity index (χ0v) is 46.5. The number of benzene rings is 12. The molecule has 16 aromatic rings. The average Bonchev–Trinajstić information content (AvgIpc) is 1.69. The predicted octanol–water partition coefficient (Wildman–Crippen LogP) is 21.1. The summed E-state index contributed by atoms with van der Waals surface area (Å²) < 4.78 is 50.3. The van der Waals surface area contributed by atoms with Gasteiger partial charge in [-0.25, -0.2) is 9.97 Å². The third-order valence-electron chi connectivity index (χ3n) is 16.9. The molecular formula is C78H50F3N5. The maximum Gasteiger partial charge on any atom is 0.416 e. The van der Waals surface area contributed by atoms with E-state index in [0.717, 1.165) is 111 Å². The van der Waals surface area contributed by atoms with Crippen molar-refractivity contribution < 1.29 is 13.2 Å². The fraction of sp³-hybridized carbons (Fsp3) is 0.0256. The van der Waals surface area contributed by atoms with E-state index in [1.165, 1.54) is 33.7 Å². The first kappa shape index (κ1) is 50.6. The second-order valence-electron chi connectivity index (χ2n) is 22.1. The Morgan fingerprint density at radius 3 is 1.12 bits per heavy atom. The highest BCUT2D eigenvalue weighted by atomic mass is 19.4. The number of rotatable bonds is 9. The summed E-state index contributed by atoms with van der Waals surface area (Å²) in [6, 6.07) is 97.6. The molecule has 408 valence electrons. The van der Waals surface area contributed by atoms with Crippen LogP contribution in [0.4, 0.5) is 13.2 Å². The molecule has 4 heterocycles. The summed E-state index contributed by atoms with van der Waals surface area (Å²) in [7, 11) is 0. The lowest BCUT2D eigenvalue weighted by Crippen LogP contribution is -2.05. The molecule has 12 aromatic carbocycles. The maximum atomic E-state index is 14.4. The highest BCUT2D eigenvalue weighted by Crippen LogP contribution is 2.46. The number of hydrogen-bond acceptors (Lipinski definition) is 2. The van der Waals surface area contributed by atoms with Crippen molar-refractivity contribution in [3.8, 4) is 84.3 Å². The first-order valence-corrected chi connectivity index (χ1v) is 28.8. The van der Waals surface area contributed by atoms with E-state index in [4.69, 9.17) is 9.97 Å². The Kier molecular flexibility index (Phi) is 11.8. The second kappa shape index (κ2) is 20.1. The maximum absolute atomic E-state index is 14.4. The third kappa shape index (κ3) is 8.48. The van der Waals surface area contributed by atoms with E-state index in [0.29, 0.717) is 22.5 Å². The van der Waals surface area contributed by atoms with Gasteiger partial charge < -0.3 is 13.7 Å². The number of aromatic nitrogens is 5. The van der Waals surface area contributed by atoms with Gasteiger partial charge in [-0.1, -0.05) is 188 Å². The summed E-state index contributed by atoms with van der Waals surface area (Å²) in [5, 5.41) is 6.60. The Hall–Kier alpha value is -11.1. The first-order valence-electron chi connectivity index (χ1n) is 28.8. The van der Waals surface area contributed by atoms with E-state index in [1.54, 1.807) is 6.92 Å². The van der Waals surface area contributed by atoms with E-state index in [1.807, 2.05) is 60.7 Å². The van der Waals surface area contributed by atoms with Crippen molar-refractivity contribution in [2.24, 2.45) is 0 Å². The molecular weight excluding hydrogens is 1060 g/mol. The molecule has 86 heavy (non-hydrogen) atoms. The Morgan fingerprint density at radius 2 is 0.674 bits per heavy atom. The number of para-hydroxylation sites is 5. The van der Waals surface area contributed by atoms with Crippen LogP contribution in [-0.4, -0.2) is 23.7 Å². The SMILES string of the molecule is Cc1cc(-c2ccc3c(c2)c2ccccc2n3-c2c(-c3ccc(-n4c5ccccc5c5ccccc54)cc3)cc(-c3nc(-c4ccccc4)cc(-c4ccccc4)n3)cc2-c2ccc(-n3c4ccccc4c4ccccc43)cc2)cc(C(F)(F)F)c1. The third-order valence-corrected chi connectivity index (χ3v) is 16.9. The molecule has 0 fully saturated rings. The van der Waals surface area contributed by atoms with Crippen molar-refractivity contribution in [2.45, 2.75) is 13.1 Å². The van der Waals surface area contributed by atoms with Gasteiger partial charge in [0.05, 0.1) is 55.7 Å². The molecule has 0 spiro atoms. The quantitative estimate of drug-likeness (QED) is 0.145. The summed E-state index contributed by atoms with van der Waals surface area (Å²) in [6.45, 7) is 1.71. The highest BCUT2D eigenvalue weighted by Gasteiger charge is 2.31. The molecule has 0 radical (unpaired) electrons. The van der Waals surface area contributed by atoms with Crippen LogP contribution in [0.5, 0.6) is 0 Å². The Labute approximate surface area is 493 Å². The molecule has 0 atom stereocenters. The summed E-state index contributed by atoms with van der Waals surface area (Å²) >= 11 is 0. The van der Waals surface area contributed by atoms with Crippen LogP contribution in [0.1, 0.15) is 11.1 Å². The number of hydrogen-bond donors (Lipinski definition) is 0. The molecule has 0 N–H and O–H groups in total. The van der Waals surface area contributed by atoms with Crippen LogP contribution in [0.15, 0.2) is 285 Å². The Balaban J connectivity index is 0.991. The summed E-state index contributed by atoms with van der Waals surface area (Å²) in [5.74, 6) is 0.561. The highest BCUT2D eigenvalue weighted by molar-refractivity contribution is 6.13. The molecule has 16 rings (SSSR count). The number of fused-ring (bicyclic) bond motifs is 9. The van der Waals surface area contributed by atoms with E-state index >= 15 is 0 Å². The lowest BCUT2D eigenvalue weighted by atomic mass is 9.92. The van der Waals surface area contributed by atoms with Crippen molar-refractivity contribution in [1.82, 2.24) is 23.7 Å². The van der Waals surface area contributed by atoms with Crippen LogP contribution in [0.25, 0.3) is 150 Å². The predicted molar refractivity (Wildman–Crippen MR) is 347 cm³/mol. The fourth-order valence-corrected chi connectivity index (χ4v) is 13.0. The van der Waals surface area contributed by atoms with Crippen LogP contribution >= 0.6 is 0 Å². The number of halogens is 3. The lowest BCUT2D eigenvalue weighted by Gasteiger charge is -2.22. The van der Waals surface area contributed by atoms with Crippen LogP contribution in [0.3, 0.4) is 0 Å². The minimum atomic E-state index is -4.50. The topological polar surface area (TPSA) is 40.6 Å². The normalized spacial score (nSPS) is 12.0. The van der Waals surface area contributed by atoms with Gasteiger partial charge in [0.25, 0.3) is 0 Å². The summed E-state index contributed by atoms with van der Waals surface area (Å²) in [4.78, 5) is 10.9. The van der Waals surface area contributed by atoms with Gasteiger partial charge in [0.2, 0.25) is 0 Å². The zero-order valence-electron chi connectivity index (χ0n) is 46.5. The van der Waals surface area contributed by atoms with E-state index in [-0.39, 0.29) is 0 Å². The summed E-state index contributed by atoms with van der Waals surface area (Å²) in [6.07, 6.45) is -4.50. The second-order valence-corrected chi connectivity index (χ2v) is 22.1. The van der Waals surface area contributed by atoms with Crippen LogP contribution in [0, 0.1) is 6.92 Å². The molecule has 0 aliphatic carbocycles. The monoisotopic (exact) mass is 1110 g/mol. The molecule has 0 amide bonds. The van der Waals surface area contributed by atoms with Crippen molar-refractivity contribution in [3.63, 3.8) is 0 Å². The standard InChI is InChI=1S/C78H50F3N5/c1-49-42-55(44-57(43-49)78(79,80)81)54-36-41-75-67(45-54)64-26-12-17-31-74(64)86(75)76-65(50-32-37-58(38-33-50)84-70-27-13-8-22-60(70)61-23-9-14-28-71(61)84)46-56(77-82-68(52-18-4-2-5-19-52)48-69(83-77)53-20-6-3-7-21-53)47-66(76)51-34-39-59(40-35-51)85-72-29-15-10-24-62(72)63-25-11-16-30-73(63)85/h2-48H,1H3. The van der Waals surface area contributed by atoms with Crippen molar-refractivity contribution in [2.75, 3.05) is 0 Å². The van der Waals surface area contributed by atoms with E-state index in [2.05, 4.69) is 226 Å². The van der Waals surface area contributed by atoms with E-state index < -0.39 is 11.7 Å². The molecule has 5 nitrogen and oxygen atoms in total. The molecule has 0 aliphatic rings. The molecule has 0 unspecified atom stereocenters. The van der Waals surface area contributed by atoms with E-state index in [9.17, 15) is 13.2 Å². The average molecular weight is 1110 g/mol. The van der Waals surface area contributed by atoms with Gasteiger partial charge >= 0.3 is 6.18 Å². The van der Waals surface area contributed by atoms with Crippen LogP contribution in [0.2, 0.25) is 0 Å². The van der Waals surface area contributed by atoms with Gasteiger partial charge in [-0.3, -0.25) is 0 Å². The lowest BCUT2D eigenvalue weighted by molar-refractivity contribution is -0.137. The van der Waals surface area contributed by atoms with Crippen molar-refractivity contribution >= 4 is 65.4 Å². The number of nitrogens with zero attached hydrogens (tertiary/aromatic N) is 5. The minimum absolute atomic E-state index is 0.501. The molecule has 0 bridgehead atoms. The van der Waals surface area contributed by atoms with Gasteiger partial charge in [-0.15, -0.1) is 0 Å². The first-order chi connectivity index (χ1) is 42.2. The minimum Gasteiger partial charge on any atom is -0.309 e. The van der Waals surface area contributed by atoms with Gasteiger partial charge in [0.15, 0.2) is 5.82 Å². The van der Waals surface area contributed by atoms with Crippen LogP contribution < -0.4 is 0 Å². The zero-order chi connectivity index (χ0) is 57.6. The fourth-order valence-electron chi connectivity index (χ4n) is 13.0. The van der Waals surface area contributed by atoms with Crippen molar-refractivity contribution in [1.29, 1.82) is 0 Å². The molecule has 0 saturated heterocycles. The van der Waals surface area contributed by atoms with Gasteiger partial charge in [-0.05, 0) is 132 Å². The molecule has 8 heteroatoms.